The van der Waals surface area contributed by atoms with Crippen LogP contribution in [0.3, 0.4) is 0 Å². The molecule has 0 saturated carbocycles. The number of aliphatic hydroxyl groups excluding tert-OH is 1. The molecule has 0 bridgehead atoms. The van der Waals surface area contributed by atoms with E-state index in [1.54, 1.807) is 30.3 Å². The topological polar surface area (TPSA) is 113 Å². The molecule has 35 heavy (non-hydrogen) atoms. The number of amides is 1. The van der Waals surface area contributed by atoms with E-state index in [9.17, 15) is 24.8 Å². The van der Waals surface area contributed by atoms with E-state index in [0.29, 0.717) is 30.0 Å². The van der Waals surface area contributed by atoms with Crippen molar-refractivity contribution in [2.45, 2.75) is 19.9 Å². The Hall–Kier alpha value is -3.98. The summed E-state index contributed by atoms with van der Waals surface area (Å²) in [6.07, 6.45) is 1.61. The molecule has 1 unspecified atom stereocenters. The lowest BCUT2D eigenvalue weighted by Crippen LogP contribution is -2.38. The number of carbonyl (C=O) groups is 2. The number of ether oxygens (including phenoxy) is 1. The Kier molecular flexibility index (Phi) is 8.38. The highest BCUT2D eigenvalue weighted by atomic mass is 16.6. The molecule has 184 valence electrons. The number of likely N-dealkylation sites (N-methyl/N-ethyl adjacent to an activating group) is 1. The van der Waals surface area contributed by atoms with Gasteiger partial charge < -0.3 is 19.6 Å². The van der Waals surface area contributed by atoms with E-state index >= 15 is 0 Å². The Morgan fingerprint density at radius 3 is 2.31 bits per heavy atom. The molecule has 1 heterocycles. The summed E-state index contributed by atoms with van der Waals surface area (Å²) in [5.41, 5.74) is 0.693. The predicted octanol–water partition coefficient (Wildman–Crippen LogP) is 3.92. The van der Waals surface area contributed by atoms with Crippen LogP contribution in [0.25, 0.3) is 5.76 Å². The van der Waals surface area contributed by atoms with Gasteiger partial charge in [-0.05, 0) is 55.1 Å². The highest BCUT2D eigenvalue weighted by molar-refractivity contribution is 6.46. The van der Waals surface area contributed by atoms with Crippen LogP contribution in [0.15, 0.2) is 66.8 Å². The van der Waals surface area contributed by atoms with E-state index in [2.05, 4.69) is 11.5 Å². The van der Waals surface area contributed by atoms with E-state index in [0.717, 1.165) is 13.1 Å². The normalized spacial score (nSPS) is 17.1. The summed E-state index contributed by atoms with van der Waals surface area (Å²) in [7, 11) is 0. The van der Waals surface area contributed by atoms with Crippen LogP contribution in [0.5, 0.6) is 5.75 Å². The van der Waals surface area contributed by atoms with Crippen LogP contribution < -0.4 is 4.74 Å². The molecule has 9 nitrogen and oxygen atoms in total. The first-order valence-corrected chi connectivity index (χ1v) is 11.4. The van der Waals surface area contributed by atoms with Crippen LogP contribution in [-0.4, -0.2) is 64.3 Å². The van der Waals surface area contributed by atoms with Crippen LogP contribution in [-0.2, 0) is 9.59 Å². The van der Waals surface area contributed by atoms with Gasteiger partial charge >= 0.3 is 0 Å². The van der Waals surface area contributed by atoms with Crippen LogP contribution in [0, 0.1) is 10.1 Å². The number of hydrogen-bond acceptors (Lipinski definition) is 7. The minimum absolute atomic E-state index is 0.0526. The molecule has 1 fully saturated rings. The minimum Gasteiger partial charge on any atom is -0.507 e. The minimum atomic E-state index is -0.872. The third kappa shape index (κ3) is 5.58. The van der Waals surface area contributed by atoms with E-state index in [1.165, 1.54) is 29.2 Å². The number of Topliss-reactive ketones (excluding diaryl/α,β-unsaturated/α-hetero) is 1. The zero-order valence-corrected chi connectivity index (χ0v) is 19.8. The van der Waals surface area contributed by atoms with E-state index < -0.39 is 22.7 Å². The molecule has 1 aliphatic rings. The highest BCUT2D eigenvalue weighted by Gasteiger charge is 2.46. The summed E-state index contributed by atoms with van der Waals surface area (Å²) in [4.78, 5) is 40.3. The first-order valence-electron chi connectivity index (χ1n) is 11.4. The summed E-state index contributed by atoms with van der Waals surface area (Å²) >= 11 is 0. The number of likely N-dealkylation sites (tertiary alicyclic amines) is 1. The second kappa shape index (κ2) is 11.4. The maximum atomic E-state index is 13.1. The van der Waals surface area contributed by atoms with Crippen LogP contribution in [0.2, 0.25) is 0 Å². The van der Waals surface area contributed by atoms with Crippen LogP contribution >= 0.6 is 0 Å². The third-order valence-corrected chi connectivity index (χ3v) is 6.01. The first-order chi connectivity index (χ1) is 16.8. The molecule has 2 aromatic carbocycles. The molecule has 2 aromatic rings. The molecule has 1 N–H and O–H groups in total. The van der Waals surface area contributed by atoms with Gasteiger partial charge in [0.05, 0.1) is 16.5 Å². The summed E-state index contributed by atoms with van der Waals surface area (Å²) in [5, 5.41) is 22.3. The number of nitro benzene ring substituents is 1. The van der Waals surface area contributed by atoms with Crippen molar-refractivity contribution in [3.05, 3.63) is 88.0 Å². The van der Waals surface area contributed by atoms with Crippen LogP contribution in [0.4, 0.5) is 5.69 Å². The van der Waals surface area contributed by atoms with Gasteiger partial charge in [0.15, 0.2) is 0 Å². The summed E-state index contributed by atoms with van der Waals surface area (Å²) in [6, 6.07) is 11.3. The smallest absolute Gasteiger partial charge is 0.295 e. The molecule has 0 aliphatic carbocycles. The average molecular weight is 480 g/mol. The van der Waals surface area contributed by atoms with Crippen molar-refractivity contribution in [2.24, 2.45) is 0 Å². The molecule has 9 heteroatoms. The van der Waals surface area contributed by atoms with Gasteiger partial charge in [-0.25, -0.2) is 0 Å². The van der Waals surface area contributed by atoms with Crippen molar-refractivity contribution in [1.82, 2.24) is 9.80 Å². The zero-order chi connectivity index (χ0) is 25.5. The number of aliphatic hydroxyl groups is 1. The van der Waals surface area contributed by atoms with E-state index in [-0.39, 0.29) is 23.6 Å². The fraction of sp³-hybridized carbons (Fsp3) is 0.308. The second-order valence-corrected chi connectivity index (χ2v) is 7.99. The highest BCUT2D eigenvalue weighted by Crippen LogP contribution is 2.39. The molecular formula is C26H29N3O6. The third-order valence-electron chi connectivity index (χ3n) is 6.01. The summed E-state index contributed by atoms with van der Waals surface area (Å²) in [6.45, 7) is 10.3. The predicted molar refractivity (Wildman–Crippen MR) is 132 cm³/mol. The van der Waals surface area contributed by atoms with Crippen molar-refractivity contribution in [1.29, 1.82) is 0 Å². The van der Waals surface area contributed by atoms with Gasteiger partial charge in [-0.2, -0.15) is 0 Å². The SMILES string of the molecule is C=CCOc1ccc(/C(O)=C2\C(=O)C(=O)N(CCN(CC)CC)C2c2ccc([N+](=O)[O-])cc2)cc1. The second-order valence-electron chi connectivity index (χ2n) is 7.99. The van der Waals surface area contributed by atoms with Gasteiger partial charge in [0.2, 0.25) is 0 Å². The fourth-order valence-electron chi connectivity index (χ4n) is 4.04. The standard InChI is InChI=1S/C26H29N3O6/c1-4-17-35-21-13-9-19(10-14-21)24(30)22-23(18-7-11-20(12-8-18)29(33)34)28(26(32)25(22)31)16-15-27(5-2)6-3/h4,7-14,23,30H,1,5-6,15-17H2,2-3H3/b24-22+. The number of ketones is 1. The Balaban J connectivity index is 2.05. The van der Waals surface area contributed by atoms with Gasteiger partial charge in [-0.15, -0.1) is 0 Å². The summed E-state index contributed by atoms with van der Waals surface area (Å²) < 4.78 is 5.46. The Labute approximate surface area is 204 Å². The van der Waals surface area contributed by atoms with E-state index in [1.807, 2.05) is 13.8 Å². The van der Waals surface area contributed by atoms with E-state index in [4.69, 9.17) is 4.74 Å². The molecule has 1 atom stereocenters. The molecule has 1 aliphatic heterocycles. The van der Waals surface area contributed by atoms with Gasteiger partial charge in [0.1, 0.15) is 18.1 Å². The summed E-state index contributed by atoms with van der Waals surface area (Å²) in [5.74, 6) is -1.26. The maximum Gasteiger partial charge on any atom is 0.295 e. The Morgan fingerprint density at radius 1 is 1.14 bits per heavy atom. The lowest BCUT2D eigenvalue weighted by atomic mass is 9.95. The average Bonchev–Trinajstić information content (AvgIpc) is 3.13. The van der Waals surface area contributed by atoms with Crippen LogP contribution in [0.1, 0.15) is 31.0 Å². The molecule has 1 amide bonds. The number of hydrogen-bond donors (Lipinski definition) is 1. The van der Waals surface area contributed by atoms with Gasteiger partial charge in [-0.3, -0.25) is 19.7 Å². The van der Waals surface area contributed by atoms with Crippen molar-refractivity contribution >= 4 is 23.1 Å². The van der Waals surface area contributed by atoms with Crippen molar-refractivity contribution in [3.8, 4) is 5.75 Å². The van der Waals surface area contributed by atoms with Gasteiger partial charge in [0, 0.05) is 30.8 Å². The fourth-order valence-corrected chi connectivity index (χ4v) is 4.04. The number of nitrogens with zero attached hydrogens (tertiary/aromatic N) is 3. The Bertz CT molecular complexity index is 1120. The molecule has 0 aromatic heterocycles. The van der Waals surface area contributed by atoms with Crippen molar-refractivity contribution in [3.63, 3.8) is 0 Å². The monoisotopic (exact) mass is 479 g/mol. The number of carbonyl (C=O) groups excluding carboxylic acids is 2. The van der Waals surface area contributed by atoms with Crippen molar-refractivity contribution < 1.29 is 24.4 Å². The van der Waals surface area contributed by atoms with Crippen molar-refractivity contribution in [2.75, 3.05) is 32.8 Å². The number of benzene rings is 2. The Morgan fingerprint density at radius 2 is 1.77 bits per heavy atom. The lowest BCUT2D eigenvalue weighted by Gasteiger charge is -2.28. The molecule has 1 saturated heterocycles. The first kappa shape index (κ1) is 25.6. The number of nitro groups is 1. The zero-order valence-electron chi connectivity index (χ0n) is 19.8. The maximum absolute atomic E-state index is 13.1. The number of rotatable bonds is 11. The van der Waals surface area contributed by atoms with Gasteiger partial charge in [-0.1, -0.05) is 26.5 Å². The molecule has 0 radical (unpaired) electrons. The largest absolute Gasteiger partial charge is 0.507 e. The quantitative estimate of drug-likeness (QED) is 0.130. The molecular weight excluding hydrogens is 450 g/mol. The number of non-ortho nitro benzene ring substituents is 1. The molecule has 3 rings (SSSR count). The van der Waals surface area contributed by atoms with Gasteiger partial charge in [0.25, 0.3) is 17.4 Å². The lowest BCUT2D eigenvalue weighted by molar-refractivity contribution is -0.384. The molecule has 0 spiro atoms.